The van der Waals surface area contributed by atoms with Crippen molar-refractivity contribution in [2.45, 2.75) is 34.1 Å². The van der Waals surface area contributed by atoms with Crippen molar-refractivity contribution in [3.05, 3.63) is 49.6 Å². The Kier molecular flexibility index (Phi) is 5.51. The minimum atomic E-state index is -0.664. The van der Waals surface area contributed by atoms with Gasteiger partial charge < -0.3 is 0 Å². The van der Waals surface area contributed by atoms with Gasteiger partial charge in [0.05, 0.1) is 15.9 Å². The molecule has 0 radical (unpaired) electrons. The first kappa shape index (κ1) is 18.6. The summed E-state index contributed by atoms with van der Waals surface area (Å²) in [5, 5.41) is 26.1. The van der Waals surface area contributed by atoms with Crippen LogP contribution in [0.25, 0.3) is 0 Å². The number of benzene rings is 1. The van der Waals surface area contributed by atoms with Crippen LogP contribution in [-0.4, -0.2) is 16.1 Å². The first-order valence-electron chi connectivity index (χ1n) is 8.10. The van der Waals surface area contributed by atoms with Crippen molar-refractivity contribution in [1.29, 1.82) is 0 Å². The third kappa shape index (κ3) is 4.01. The summed E-state index contributed by atoms with van der Waals surface area (Å²) >= 11 is 0. The van der Waals surface area contributed by atoms with E-state index < -0.39 is 9.85 Å². The average molecular weight is 346 g/mol. The summed E-state index contributed by atoms with van der Waals surface area (Å²) in [6.07, 6.45) is 2.79. The second-order valence-electron chi connectivity index (χ2n) is 6.62. The van der Waals surface area contributed by atoms with E-state index in [9.17, 15) is 20.2 Å². The summed E-state index contributed by atoms with van der Waals surface area (Å²) in [6.45, 7) is 8.59. The molecule has 25 heavy (non-hydrogen) atoms. The highest BCUT2D eigenvalue weighted by Crippen LogP contribution is 2.37. The molecular weight excluding hydrogens is 324 g/mol. The maximum absolute atomic E-state index is 11.1. The first-order valence-corrected chi connectivity index (χ1v) is 8.10. The molecule has 0 saturated heterocycles. The van der Waals surface area contributed by atoms with E-state index in [-0.39, 0.29) is 23.0 Å². The summed E-state index contributed by atoms with van der Waals surface area (Å²) in [4.78, 5) is 20.6. The van der Waals surface area contributed by atoms with Gasteiger partial charge in [0.15, 0.2) is 0 Å². The van der Waals surface area contributed by atoms with Gasteiger partial charge in [-0.05, 0) is 38.2 Å². The molecule has 8 nitrogen and oxygen atoms in total. The largest absolute Gasteiger partial charge is 0.301 e. The van der Waals surface area contributed by atoms with Crippen LogP contribution in [0.3, 0.4) is 0 Å². The van der Waals surface area contributed by atoms with Crippen molar-refractivity contribution in [2.75, 3.05) is 5.43 Å². The van der Waals surface area contributed by atoms with E-state index in [2.05, 4.69) is 38.2 Å². The van der Waals surface area contributed by atoms with Crippen LogP contribution in [0.15, 0.2) is 34.4 Å². The Morgan fingerprint density at radius 2 is 1.88 bits per heavy atom. The zero-order chi connectivity index (χ0) is 18.7. The van der Waals surface area contributed by atoms with Crippen LogP contribution >= 0.6 is 0 Å². The summed E-state index contributed by atoms with van der Waals surface area (Å²) in [7, 11) is 0. The summed E-state index contributed by atoms with van der Waals surface area (Å²) < 4.78 is 0. The number of nitro benzene ring substituents is 2. The van der Waals surface area contributed by atoms with Gasteiger partial charge in [0.1, 0.15) is 5.69 Å². The number of nitrogens with one attached hydrogen (secondary N) is 1. The lowest BCUT2D eigenvalue weighted by Crippen LogP contribution is -2.27. The molecule has 0 bridgehead atoms. The van der Waals surface area contributed by atoms with E-state index in [4.69, 9.17) is 0 Å². The Labute approximate surface area is 145 Å². The van der Waals surface area contributed by atoms with Gasteiger partial charge in [-0.15, -0.1) is 0 Å². The lowest BCUT2D eigenvalue weighted by molar-refractivity contribution is -0.393. The maximum Gasteiger partial charge on any atom is 0.301 e. The molecule has 1 N–H and O–H groups in total. The molecule has 1 aromatic carbocycles. The van der Waals surface area contributed by atoms with Crippen LogP contribution in [0, 0.1) is 38.0 Å². The van der Waals surface area contributed by atoms with Crippen molar-refractivity contribution >= 4 is 23.3 Å². The molecule has 1 aliphatic rings. The van der Waals surface area contributed by atoms with Crippen molar-refractivity contribution in [1.82, 2.24) is 0 Å². The topological polar surface area (TPSA) is 111 Å². The molecule has 1 aromatic rings. The molecule has 3 atom stereocenters. The second kappa shape index (κ2) is 7.42. The number of hydrogen-bond acceptors (Lipinski definition) is 6. The van der Waals surface area contributed by atoms with Gasteiger partial charge in [0.25, 0.3) is 5.69 Å². The van der Waals surface area contributed by atoms with Gasteiger partial charge in [0.2, 0.25) is 0 Å². The highest BCUT2D eigenvalue weighted by Gasteiger charge is 2.29. The van der Waals surface area contributed by atoms with Gasteiger partial charge in [-0.3, -0.25) is 25.7 Å². The van der Waals surface area contributed by atoms with Crippen LogP contribution in [0.2, 0.25) is 0 Å². The predicted octanol–water partition coefficient (Wildman–Crippen LogP) is 4.53. The lowest BCUT2D eigenvalue weighted by atomic mass is 9.71. The van der Waals surface area contributed by atoms with Crippen LogP contribution in [0.1, 0.15) is 34.1 Å². The molecular formula is C17H22N4O4. The predicted molar refractivity (Wildman–Crippen MR) is 96.7 cm³/mol. The van der Waals surface area contributed by atoms with Crippen LogP contribution in [0.5, 0.6) is 0 Å². The highest BCUT2D eigenvalue weighted by molar-refractivity contribution is 5.69. The maximum atomic E-state index is 11.1. The molecule has 0 saturated carbocycles. The van der Waals surface area contributed by atoms with Crippen molar-refractivity contribution in [2.24, 2.45) is 22.9 Å². The molecule has 3 unspecified atom stereocenters. The molecule has 0 aliphatic heterocycles. The molecule has 1 aliphatic carbocycles. The number of allylic oxidation sites excluding steroid dienone is 2. The standard InChI is InChI=1S/C17H22N4O4/c1-10-7-11(2)15(13(4)12(10)3)9-18-19-16-6-5-14(20(22)23)8-17(16)21(24)25/h5-6,8-9,11,13,15,19H,7H2,1-4H3/b18-9+. The molecule has 0 heterocycles. The monoisotopic (exact) mass is 346 g/mol. The fraction of sp³-hybridized carbons (Fsp3) is 0.471. The number of non-ortho nitro benzene ring substituents is 1. The van der Waals surface area contributed by atoms with E-state index in [1.165, 1.54) is 23.3 Å². The fourth-order valence-corrected chi connectivity index (χ4v) is 3.30. The zero-order valence-corrected chi connectivity index (χ0v) is 14.7. The fourth-order valence-electron chi connectivity index (χ4n) is 3.30. The number of rotatable bonds is 5. The van der Waals surface area contributed by atoms with Crippen LogP contribution in [-0.2, 0) is 0 Å². The third-order valence-electron chi connectivity index (χ3n) is 5.04. The molecule has 0 fully saturated rings. The quantitative estimate of drug-likeness (QED) is 0.364. The molecule has 0 spiro atoms. The molecule has 2 rings (SSSR count). The minimum absolute atomic E-state index is 0.131. The Morgan fingerprint density at radius 1 is 1.20 bits per heavy atom. The average Bonchev–Trinajstić information content (AvgIpc) is 2.55. The smallest absolute Gasteiger partial charge is 0.272 e. The van der Waals surface area contributed by atoms with Gasteiger partial charge >= 0.3 is 5.69 Å². The van der Waals surface area contributed by atoms with Gasteiger partial charge in [-0.25, -0.2) is 0 Å². The van der Waals surface area contributed by atoms with E-state index >= 15 is 0 Å². The van der Waals surface area contributed by atoms with Crippen LogP contribution < -0.4 is 5.43 Å². The van der Waals surface area contributed by atoms with Crippen molar-refractivity contribution in [3.63, 3.8) is 0 Å². The van der Waals surface area contributed by atoms with Crippen LogP contribution in [0.4, 0.5) is 17.1 Å². The highest BCUT2D eigenvalue weighted by atomic mass is 16.6. The summed E-state index contributed by atoms with van der Waals surface area (Å²) in [5.74, 6) is 1.01. The zero-order valence-electron chi connectivity index (χ0n) is 14.7. The number of nitrogens with zero attached hydrogens (tertiary/aromatic N) is 3. The van der Waals surface area contributed by atoms with Gasteiger partial charge in [-0.1, -0.05) is 25.0 Å². The number of hydrogen-bond donors (Lipinski definition) is 1. The lowest BCUT2D eigenvalue weighted by Gasteiger charge is -2.33. The second-order valence-corrected chi connectivity index (χ2v) is 6.62. The third-order valence-corrected chi connectivity index (χ3v) is 5.04. The number of anilines is 1. The number of hydrazone groups is 1. The van der Waals surface area contributed by atoms with E-state index in [1.807, 2.05) is 0 Å². The van der Waals surface area contributed by atoms with E-state index in [1.54, 1.807) is 6.21 Å². The number of nitro groups is 2. The molecule has 0 amide bonds. The Bertz CT molecular complexity index is 757. The normalized spacial score (nSPS) is 23.8. The Balaban J connectivity index is 2.19. The summed E-state index contributed by atoms with van der Waals surface area (Å²) in [5.41, 5.74) is 4.86. The Morgan fingerprint density at radius 3 is 2.48 bits per heavy atom. The summed E-state index contributed by atoms with van der Waals surface area (Å²) in [6, 6.07) is 3.45. The van der Waals surface area contributed by atoms with Gasteiger partial charge in [-0.2, -0.15) is 5.10 Å². The van der Waals surface area contributed by atoms with E-state index in [0.29, 0.717) is 11.8 Å². The van der Waals surface area contributed by atoms with Crippen molar-refractivity contribution in [3.8, 4) is 0 Å². The molecule has 0 aromatic heterocycles. The molecule has 134 valence electrons. The Hall–Kier alpha value is -2.77. The van der Waals surface area contributed by atoms with Gasteiger partial charge in [0, 0.05) is 18.2 Å². The first-order chi connectivity index (χ1) is 11.7. The van der Waals surface area contributed by atoms with E-state index in [0.717, 1.165) is 12.5 Å². The SMILES string of the molecule is CC1=C(C)C(C)C(/C=N/Nc2ccc([N+](=O)[O-])cc2[N+](=O)[O-])C(C)C1. The minimum Gasteiger partial charge on any atom is -0.272 e. The molecule has 8 heteroatoms. The van der Waals surface area contributed by atoms with Crippen molar-refractivity contribution < 1.29 is 9.85 Å².